The Bertz CT molecular complexity index is 323. The van der Waals surface area contributed by atoms with E-state index in [0.29, 0.717) is 5.56 Å². The van der Waals surface area contributed by atoms with Gasteiger partial charge in [0.25, 0.3) is 0 Å². The van der Waals surface area contributed by atoms with E-state index >= 15 is 0 Å². The molecule has 82 valence electrons. The lowest BCUT2D eigenvalue weighted by molar-refractivity contribution is 0.0260. The van der Waals surface area contributed by atoms with Crippen LogP contribution < -0.4 is 5.73 Å². The van der Waals surface area contributed by atoms with Gasteiger partial charge in [-0.1, -0.05) is 0 Å². The van der Waals surface area contributed by atoms with Crippen LogP contribution >= 0.6 is 0 Å². The maximum absolute atomic E-state index is 11.4. The van der Waals surface area contributed by atoms with Gasteiger partial charge in [0.2, 0.25) is 0 Å². The van der Waals surface area contributed by atoms with Gasteiger partial charge in [0, 0.05) is 13.0 Å². The molecule has 0 spiro atoms. The van der Waals surface area contributed by atoms with Gasteiger partial charge in [0.15, 0.2) is 6.23 Å². The zero-order chi connectivity index (χ0) is 11.3. The van der Waals surface area contributed by atoms with Crippen molar-refractivity contribution in [3.63, 3.8) is 0 Å². The van der Waals surface area contributed by atoms with Crippen molar-refractivity contribution < 1.29 is 19.7 Å². The Morgan fingerprint density at radius 2 is 2.00 bits per heavy atom. The Labute approximate surface area is 87.1 Å². The predicted molar refractivity (Wildman–Crippen MR) is 53.2 cm³/mol. The predicted octanol–water partition coefficient (Wildman–Crippen LogP) is 0.216. The van der Waals surface area contributed by atoms with E-state index in [-0.39, 0.29) is 18.8 Å². The molecule has 1 aromatic rings. The number of esters is 1. The molecule has 5 heteroatoms. The van der Waals surface area contributed by atoms with E-state index in [1.165, 1.54) is 24.3 Å². The molecule has 5 nitrogen and oxygen atoms in total. The maximum Gasteiger partial charge on any atom is 0.339 e. The van der Waals surface area contributed by atoms with Crippen LogP contribution in [0.4, 0.5) is 0 Å². The van der Waals surface area contributed by atoms with Crippen LogP contribution in [0.5, 0.6) is 5.75 Å². The highest BCUT2D eigenvalue weighted by Crippen LogP contribution is 2.11. The van der Waals surface area contributed by atoms with Crippen molar-refractivity contribution in [1.82, 2.24) is 0 Å². The molecule has 15 heavy (non-hydrogen) atoms. The molecule has 0 aliphatic rings. The third-order valence-electron chi connectivity index (χ3n) is 1.78. The zero-order valence-electron chi connectivity index (χ0n) is 8.09. The average molecular weight is 211 g/mol. The van der Waals surface area contributed by atoms with Gasteiger partial charge in [0.05, 0.1) is 5.56 Å². The van der Waals surface area contributed by atoms with E-state index in [4.69, 9.17) is 20.7 Å². The third-order valence-corrected chi connectivity index (χ3v) is 1.78. The minimum Gasteiger partial charge on any atom is -0.508 e. The number of benzene rings is 1. The Morgan fingerprint density at radius 1 is 1.40 bits per heavy atom. The summed E-state index contributed by atoms with van der Waals surface area (Å²) >= 11 is 0. The van der Waals surface area contributed by atoms with Crippen molar-refractivity contribution in [2.75, 3.05) is 6.61 Å². The van der Waals surface area contributed by atoms with Gasteiger partial charge in [-0.3, -0.25) is 5.73 Å². The minimum absolute atomic E-state index is 0.0752. The van der Waals surface area contributed by atoms with E-state index in [9.17, 15) is 4.79 Å². The van der Waals surface area contributed by atoms with E-state index in [2.05, 4.69) is 0 Å². The van der Waals surface area contributed by atoms with Gasteiger partial charge in [-0.05, 0) is 24.3 Å². The number of aliphatic hydroxyl groups is 1. The number of phenols is 1. The number of nitrogens with two attached hydrogens (primary N) is 1. The number of aliphatic hydroxyl groups excluding tert-OH is 1. The molecule has 0 bridgehead atoms. The molecule has 0 saturated heterocycles. The van der Waals surface area contributed by atoms with E-state index < -0.39 is 12.2 Å². The molecule has 1 aromatic carbocycles. The van der Waals surface area contributed by atoms with Gasteiger partial charge in [0.1, 0.15) is 5.75 Å². The number of hydrogen-bond acceptors (Lipinski definition) is 5. The maximum atomic E-state index is 11.4. The highest BCUT2D eigenvalue weighted by Gasteiger charge is 2.11. The monoisotopic (exact) mass is 211 g/mol. The number of rotatable bonds is 4. The van der Waals surface area contributed by atoms with Crippen LogP contribution in [0.15, 0.2) is 24.3 Å². The summed E-state index contributed by atoms with van der Waals surface area (Å²) in [5.74, 6) is -0.498. The second kappa shape index (κ2) is 5.33. The van der Waals surface area contributed by atoms with Crippen molar-refractivity contribution in [3.8, 4) is 5.75 Å². The second-order valence-electron chi connectivity index (χ2n) is 3.00. The van der Waals surface area contributed by atoms with Crippen molar-refractivity contribution in [2.24, 2.45) is 5.73 Å². The summed E-state index contributed by atoms with van der Waals surface area (Å²) in [5, 5.41) is 17.5. The number of carbonyl (C=O) groups is 1. The first-order chi connectivity index (χ1) is 7.13. The molecule has 0 aromatic heterocycles. The third kappa shape index (κ3) is 3.57. The topological polar surface area (TPSA) is 92.8 Å². The first-order valence-corrected chi connectivity index (χ1v) is 4.50. The Balaban J connectivity index is 2.57. The van der Waals surface area contributed by atoms with Crippen LogP contribution in [0, 0.1) is 0 Å². The van der Waals surface area contributed by atoms with E-state index in [0.717, 1.165) is 0 Å². The van der Waals surface area contributed by atoms with Crippen molar-refractivity contribution in [3.05, 3.63) is 29.8 Å². The van der Waals surface area contributed by atoms with Gasteiger partial charge in [-0.25, -0.2) is 4.79 Å². The Morgan fingerprint density at radius 3 is 2.53 bits per heavy atom. The summed E-state index contributed by atoms with van der Waals surface area (Å²) in [4.78, 5) is 11.4. The van der Waals surface area contributed by atoms with Crippen LogP contribution in [-0.4, -0.2) is 29.0 Å². The molecule has 1 unspecified atom stereocenters. The lowest BCUT2D eigenvalue weighted by Gasteiger charge is -2.11. The molecular weight excluding hydrogens is 198 g/mol. The van der Waals surface area contributed by atoms with Crippen molar-refractivity contribution in [1.29, 1.82) is 0 Å². The first kappa shape index (κ1) is 11.5. The summed E-state index contributed by atoms with van der Waals surface area (Å²) in [6.45, 7) is -0.135. The quantitative estimate of drug-likeness (QED) is 0.489. The standard InChI is InChI=1S/C10H13NO4/c11-9(5-6-12)15-10(14)7-1-3-8(13)4-2-7/h1-4,9,12-13H,5-6,11H2. The summed E-state index contributed by atoms with van der Waals surface area (Å²) in [6.07, 6.45) is -0.611. The fraction of sp³-hybridized carbons (Fsp3) is 0.300. The number of carbonyl (C=O) groups excluding carboxylic acids is 1. The number of phenolic OH excluding ortho intramolecular Hbond substituents is 1. The fourth-order valence-electron chi connectivity index (χ4n) is 0.989. The van der Waals surface area contributed by atoms with E-state index in [1.54, 1.807) is 0 Å². The van der Waals surface area contributed by atoms with Gasteiger partial charge >= 0.3 is 5.97 Å². The summed E-state index contributed by atoms with van der Waals surface area (Å²) in [6, 6.07) is 5.63. The largest absolute Gasteiger partial charge is 0.508 e. The molecule has 0 saturated carbocycles. The molecule has 4 N–H and O–H groups in total. The lowest BCUT2D eigenvalue weighted by atomic mass is 10.2. The Hall–Kier alpha value is -1.59. The summed E-state index contributed by atoms with van der Waals surface area (Å²) < 4.78 is 4.81. The highest BCUT2D eigenvalue weighted by atomic mass is 16.6. The Kier molecular flexibility index (Phi) is 4.08. The summed E-state index contributed by atoms with van der Waals surface area (Å²) in [5.41, 5.74) is 5.71. The fourth-order valence-corrected chi connectivity index (χ4v) is 0.989. The van der Waals surface area contributed by atoms with Crippen LogP contribution in [0.25, 0.3) is 0 Å². The molecule has 1 atom stereocenters. The molecule has 0 aliphatic carbocycles. The molecular formula is C10H13NO4. The van der Waals surface area contributed by atoms with Crippen LogP contribution in [0.1, 0.15) is 16.8 Å². The molecule has 0 fully saturated rings. The first-order valence-electron chi connectivity index (χ1n) is 4.50. The average Bonchev–Trinajstić information content (AvgIpc) is 2.18. The number of aromatic hydroxyl groups is 1. The number of ether oxygens (including phenoxy) is 1. The molecule has 0 amide bonds. The SMILES string of the molecule is NC(CCO)OC(=O)c1ccc(O)cc1. The van der Waals surface area contributed by atoms with Gasteiger partial charge in [-0.15, -0.1) is 0 Å². The molecule has 0 aliphatic heterocycles. The van der Waals surface area contributed by atoms with Crippen LogP contribution in [0.3, 0.4) is 0 Å². The molecule has 0 heterocycles. The zero-order valence-corrected chi connectivity index (χ0v) is 8.09. The molecule has 1 rings (SSSR count). The minimum atomic E-state index is -0.809. The second-order valence-corrected chi connectivity index (χ2v) is 3.00. The van der Waals surface area contributed by atoms with Crippen molar-refractivity contribution in [2.45, 2.75) is 12.6 Å². The van der Waals surface area contributed by atoms with Crippen molar-refractivity contribution >= 4 is 5.97 Å². The summed E-state index contributed by atoms with van der Waals surface area (Å²) in [7, 11) is 0. The van der Waals surface area contributed by atoms with Gasteiger partial charge < -0.3 is 14.9 Å². The van der Waals surface area contributed by atoms with Gasteiger partial charge in [-0.2, -0.15) is 0 Å². The number of hydrogen-bond donors (Lipinski definition) is 3. The van der Waals surface area contributed by atoms with Crippen LogP contribution in [0.2, 0.25) is 0 Å². The van der Waals surface area contributed by atoms with Crippen LogP contribution in [-0.2, 0) is 4.74 Å². The van der Waals surface area contributed by atoms with E-state index in [1.807, 2.05) is 0 Å². The smallest absolute Gasteiger partial charge is 0.339 e. The normalized spacial score (nSPS) is 12.1. The molecule has 0 radical (unpaired) electrons. The highest BCUT2D eigenvalue weighted by molar-refractivity contribution is 5.89. The lowest BCUT2D eigenvalue weighted by Crippen LogP contribution is -2.28.